The summed E-state index contributed by atoms with van der Waals surface area (Å²) in [6.45, 7) is 2.81. The molecule has 2 N–H and O–H groups in total. The second-order valence-corrected chi connectivity index (χ2v) is 6.10. The van der Waals surface area contributed by atoms with E-state index < -0.39 is 11.4 Å². The Kier molecular flexibility index (Phi) is 6.51. The Hall–Kier alpha value is -0.990. The van der Waals surface area contributed by atoms with Crippen LogP contribution in [-0.2, 0) is 0 Å². The molecular formula is C13H17ClF3N3OS. The molecule has 1 amide bonds. The number of carbonyl (C=O) groups excluding carboxylic acids is 1. The molecule has 2 rings (SSSR count). The Labute approximate surface area is 137 Å². The molecule has 0 spiro atoms. The van der Waals surface area contributed by atoms with Gasteiger partial charge in [0.05, 0.1) is 5.56 Å². The van der Waals surface area contributed by atoms with Gasteiger partial charge in [0.2, 0.25) is 0 Å². The van der Waals surface area contributed by atoms with E-state index in [-0.39, 0.29) is 46.7 Å². The average Bonchev–Trinajstić information content (AvgIpc) is 2.78. The van der Waals surface area contributed by atoms with Crippen LogP contribution in [0.1, 0.15) is 23.7 Å². The molecule has 0 aromatic carbocycles. The van der Waals surface area contributed by atoms with Crippen LogP contribution < -0.4 is 5.73 Å². The van der Waals surface area contributed by atoms with Gasteiger partial charge in [0, 0.05) is 30.5 Å². The summed E-state index contributed by atoms with van der Waals surface area (Å²) in [5.74, 6) is -0.224. The van der Waals surface area contributed by atoms with Crippen molar-refractivity contribution in [2.75, 3.05) is 13.1 Å². The van der Waals surface area contributed by atoms with E-state index in [1.165, 1.54) is 18.3 Å². The number of alkyl halides is 3. The van der Waals surface area contributed by atoms with E-state index >= 15 is 0 Å². The molecule has 22 heavy (non-hydrogen) atoms. The van der Waals surface area contributed by atoms with Crippen molar-refractivity contribution in [2.24, 2.45) is 11.7 Å². The average molecular weight is 356 g/mol. The van der Waals surface area contributed by atoms with Crippen LogP contribution in [0.5, 0.6) is 0 Å². The zero-order valence-corrected chi connectivity index (χ0v) is 13.5. The Morgan fingerprint density at radius 1 is 1.55 bits per heavy atom. The van der Waals surface area contributed by atoms with Gasteiger partial charge in [-0.05, 0) is 37.9 Å². The third kappa shape index (κ3) is 4.50. The lowest BCUT2D eigenvalue weighted by Gasteiger charge is -2.22. The van der Waals surface area contributed by atoms with Crippen LogP contribution in [0.15, 0.2) is 23.4 Å². The first-order chi connectivity index (χ1) is 9.81. The maximum Gasteiger partial charge on any atom is 0.447 e. The summed E-state index contributed by atoms with van der Waals surface area (Å²) in [6.07, 6.45) is 2.02. The number of hydrogen-bond acceptors (Lipinski definition) is 4. The molecule has 1 aliphatic heterocycles. The number of nitrogens with two attached hydrogens (primary N) is 1. The molecule has 1 aromatic heterocycles. The topological polar surface area (TPSA) is 59.2 Å². The van der Waals surface area contributed by atoms with E-state index in [9.17, 15) is 18.0 Å². The SMILES string of the molecule is CC1CC(CN)CN1C(=O)c1cccnc1SC(F)(F)F.Cl. The highest BCUT2D eigenvalue weighted by atomic mass is 35.5. The minimum absolute atomic E-state index is 0. The quantitative estimate of drug-likeness (QED) is 0.847. The fraction of sp³-hybridized carbons (Fsp3) is 0.538. The van der Waals surface area contributed by atoms with E-state index in [1.807, 2.05) is 6.92 Å². The van der Waals surface area contributed by atoms with Crippen LogP contribution in [0.2, 0.25) is 0 Å². The van der Waals surface area contributed by atoms with Crippen LogP contribution in [0.3, 0.4) is 0 Å². The highest BCUT2D eigenvalue weighted by Gasteiger charge is 2.36. The summed E-state index contributed by atoms with van der Waals surface area (Å²) in [4.78, 5) is 17.8. The lowest BCUT2D eigenvalue weighted by atomic mass is 10.1. The molecule has 1 fully saturated rings. The zero-order valence-electron chi connectivity index (χ0n) is 11.8. The van der Waals surface area contributed by atoms with Gasteiger partial charge in [-0.25, -0.2) is 4.98 Å². The summed E-state index contributed by atoms with van der Waals surface area (Å²) in [6, 6.07) is 2.82. The third-order valence-electron chi connectivity index (χ3n) is 3.47. The Morgan fingerprint density at radius 3 is 2.77 bits per heavy atom. The van der Waals surface area contributed by atoms with Crippen molar-refractivity contribution in [1.82, 2.24) is 9.88 Å². The molecule has 1 aromatic rings. The molecular weight excluding hydrogens is 339 g/mol. The lowest BCUT2D eigenvalue weighted by Crippen LogP contribution is -2.35. The first kappa shape index (κ1) is 19.1. The predicted molar refractivity (Wildman–Crippen MR) is 81.1 cm³/mol. The van der Waals surface area contributed by atoms with Gasteiger partial charge in [0.1, 0.15) is 5.03 Å². The van der Waals surface area contributed by atoms with Crippen LogP contribution in [-0.4, -0.2) is 40.4 Å². The van der Waals surface area contributed by atoms with Crippen molar-refractivity contribution in [1.29, 1.82) is 0 Å². The molecule has 9 heteroatoms. The normalized spacial score (nSPS) is 21.6. The van der Waals surface area contributed by atoms with Crippen molar-refractivity contribution in [3.63, 3.8) is 0 Å². The highest BCUT2D eigenvalue weighted by Crippen LogP contribution is 2.38. The number of hydrogen-bond donors (Lipinski definition) is 1. The number of rotatable bonds is 3. The Morgan fingerprint density at radius 2 is 2.23 bits per heavy atom. The molecule has 0 radical (unpaired) electrons. The van der Waals surface area contributed by atoms with Crippen molar-refractivity contribution >= 4 is 30.1 Å². The van der Waals surface area contributed by atoms with Gasteiger partial charge in [0.25, 0.3) is 5.91 Å². The zero-order chi connectivity index (χ0) is 15.6. The van der Waals surface area contributed by atoms with E-state index in [0.29, 0.717) is 13.1 Å². The molecule has 0 aliphatic carbocycles. The number of aromatic nitrogens is 1. The Balaban J connectivity index is 0.00000242. The molecule has 0 bridgehead atoms. The van der Waals surface area contributed by atoms with Crippen molar-refractivity contribution in [3.8, 4) is 0 Å². The first-order valence-corrected chi connectivity index (χ1v) is 7.35. The molecule has 2 heterocycles. The summed E-state index contributed by atoms with van der Waals surface area (Å²) in [5.41, 5.74) is 1.12. The maximum absolute atomic E-state index is 12.5. The van der Waals surface area contributed by atoms with E-state index in [4.69, 9.17) is 5.73 Å². The van der Waals surface area contributed by atoms with Crippen molar-refractivity contribution in [3.05, 3.63) is 23.9 Å². The van der Waals surface area contributed by atoms with E-state index in [2.05, 4.69) is 4.98 Å². The lowest BCUT2D eigenvalue weighted by molar-refractivity contribution is -0.0329. The minimum Gasteiger partial charge on any atom is -0.336 e. The number of halogens is 4. The second kappa shape index (κ2) is 7.52. The van der Waals surface area contributed by atoms with Gasteiger partial charge < -0.3 is 10.6 Å². The number of carbonyl (C=O) groups is 1. The summed E-state index contributed by atoms with van der Waals surface area (Å²) >= 11 is -0.361. The molecule has 0 saturated carbocycles. The Bertz CT molecular complexity index is 529. The highest BCUT2D eigenvalue weighted by molar-refractivity contribution is 8.00. The van der Waals surface area contributed by atoms with Gasteiger partial charge in [-0.1, -0.05) is 0 Å². The largest absolute Gasteiger partial charge is 0.447 e. The molecule has 2 atom stereocenters. The number of pyridine rings is 1. The smallest absolute Gasteiger partial charge is 0.336 e. The van der Waals surface area contributed by atoms with Crippen molar-refractivity contribution in [2.45, 2.75) is 29.9 Å². The standard InChI is InChI=1S/C13H16F3N3OS.ClH/c1-8-5-9(6-17)7-19(8)12(20)10-3-2-4-18-11(10)21-13(14,15)16;/h2-4,8-9H,5-7,17H2,1H3;1H. The van der Waals surface area contributed by atoms with Gasteiger partial charge in [0.15, 0.2) is 0 Å². The first-order valence-electron chi connectivity index (χ1n) is 6.53. The number of thioether (sulfide) groups is 1. The van der Waals surface area contributed by atoms with Crippen molar-refractivity contribution < 1.29 is 18.0 Å². The monoisotopic (exact) mass is 355 g/mol. The molecule has 1 aliphatic rings. The summed E-state index contributed by atoms with van der Waals surface area (Å²) in [7, 11) is 0. The molecule has 4 nitrogen and oxygen atoms in total. The fourth-order valence-corrected chi connectivity index (χ4v) is 3.09. The number of nitrogens with zero attached hydrogens (tertiary/aromatic N) is 2. The van der Waals surface area contributed by atoms with Gasteiger partial charge in [-0.15, -0.1) is 12.4 Å². The number of amides is 1. The van der Waals surface area contributed by atoms with Crippen LogP contribution >= 0.6 is 24.2 Å². The van der Waals surface area contributed by atoms with Gasteiger partial charge >= 0.3 is 5.51 Å². The van der Waals surface area contributed by atoms with Crippen LogP contribution in [0.25, 0.3) is 0 Å². The minimum atomic E-state index is -4.47. The van der Waals surface area contributed by atoms with E-state index in [1.54, 1.807) is 4.90 Å². The fourth-order valence-electron chi connectivity index (χ4n) is 2.50. The molecule has 124 valence electrons. The number of likely N-dealkylation sites (tertiary alicyclic amines) is 1. The molecule has 2 unspecified atom stereocenters. The van der Waals surface area contributed by atoms with E-state index in [0.717, 1.165) is 6.42 Å². The van der Waals surface area contributed by atoms with Gasteiger partial charge in [-0.3, -0.25) is 4.79 Å². The third-order valence-corrected chi connectivity index (χ3v) is 4.22. The van der Waals surface area contributed by atoms with Crippen LogP contribution in [0.4, 0.5) is 13.2 Å². The van der Waals surface area contributed by atoms with Gasteiger partial charge in [-0.2, -0.15) is 13.2 Å². The van der Waals surface area contributed by atoms with Crippen LogP contribution in [0, 0.1) is 5.92 Å². The predicted octanol–water partition coefficient (Wildman–Crippen LogP) is 2.92. The summed E-state index contributed by atoms with van der Waals surface area (Å²) < 4.78 is 37.6. The maximum atomic E-state index is 12.5. The molecule has 1 saturated heterocycles. The summed E-state index contributed by atoms with van der Waals surface area (Å²) in [5, 5.41) is -0.307. The second-order valence-electron chi connectivity index (χ2n) is 5.05.